The number of nitrogens with one attached hydrogen (secondary N) is 1. The summed E-state index contributed by atoms with van der Waals surface area (Å²) in [5.74, 6) is 1.98. The average Bonchev–Trinajstić information content (AvgIpc) is 3.30. The fourth-order valence-corrected chi connectivity index (χ4v) is 4.48. The molecule has 1 unspecified atom stereocenters. The Hall–Kier alpha value is -3.74. The van der Waals surface area contributed by atoms with Gasteiger partial charge < -0.3 is 24.8 Å². The van der Waals surface area contributed by atoms with Gasteiger partial charge in [0, 0.05) is 50.9 Å². The largest absolute Gasteiger partial charge is 0.488 e. The minimum Gasteiger partial charge on any atom is -0.488 e. The first-order valence-corrected chi connectivity index (χ1v) is 12.0. The maximum atomic E-state index is 9.70. The number of hydrogen-bond donors (Lipinski definition) is 1. The summed E-state index contributed by atoms with van der Waals surface area (Å²) in [5, 5.41) is 13.0. The smallest absolute Gasteiger partial charge is 0.137 e. The number of likely N-dealkylation sites (N-methyl/N-ethyl adjacent to an activating group) is 2. The van der Waals surface area contributed by atoms with Crippen molar-refractivity contribution in [1.29, 1.82) is 5.26 Å². The molecule has 5 rings (SSSR count). The molecule has 2 aliphatic rings. The van der Waals surface area contributed by atoms with E-state index < -0.39 is 0 Å². The highest BCUT2D eigenvalue weighted by atomic mass is 16.5. The van der Waals surface area contributed by atoms with E-state index >= 15 is 0 Å². The van der Waals surface area contributed by atoms with Gasteiger partial charge in [0.1, 0.15) is 35.9 Å². The molecule has 35 heavy (non-hydrogen) atoms. The third kappa shape index (κ3) is 5.50. The molecule has 0 radical (unpaired) electrons. The summed E-state index contributed by atoms with van der Waals surface area (Å²) in [6.45, 7) is 6.01. The van der Waals surface area contributed by atoms with E-state index in [2.05, 4.69) is 61.2 Å². The van der Waals surface area contributed by atoms with E-state index in [-0.39, 0.29) is 6.10 Å². The molecular formula is C26H30N8O. The number of benzene rings is 1. The molecule has 0 aliphatic carbocycles. The molecule has 0 bridgehead atoms. The van der Waals surface area contributed by atoms with Crippen LogP contribution < -0.4 is 15.0 Å². The number of ether oxygens (including phenoxy) is 1. The van der Waals surface area contributed by atoms with Crippen LogP contribution in [0.1, 0.15) is 12.0 Å². The second-order valence-electron chi connectivity index (χ2n) is 9.22. The zero-order chi connectivity index (χ0) is 24.2. The van der Waals surface area contributed by atoms with Crippen molar-refractivity contribution < 1.29 is 4.74 Å². The molecule has 1 aromatic carbocycles. The molecule has 3 aromatic rings. The molecule has 180 valence electrons. The highest BCUT2D eigenvalue weighted by molar-refractivity contribution is 5.67. The third-order valence-corrected chi connectivity index (χ3v) is 6.58. The van der Waals surface area contributed by atoms with Gasteiger partial charge in [0.2, 0.25) is 0 Å². The Kier molecular flexibility index (Phi) is 6.75. The molecule has 2 fully saturated rings. The Morgan fingerprint density at radius 3 is 2.51 bits per heavy atom. The van der Waals surface area contributed by atoms with Crippen molar-refractivity contribution in [2.24, 2.45) is 0 Å². The van der Waals surface area contributed by atoms with E-state index in [1.165, 1.54) is 6.33 Å². The van der Waals surface area contributed by atoms with Gasteiger partial charge in [-0.3, -0.25) is 0 Å². The molecule has 4 heterocycles. The lowest BCUT2D eigenvalue weighted by Gasteiger charge is -2.33. The van der Waals surface area contributed by atoms with Crippen LogP contribution in [0, 0.1) is 11.3 Å². The van der Waals surface area contributed by atoms with Gasteiger partial charge in [0.25, 0.3) is 0 Å². The van der Waals surface area contributed by atoms with Crippen molar-refractivity contribution in [2.75, 3.05) is 63.6 Å². The Balaban J connectivity index is 1.28. The molecule has 9 nitrogen and oxygen atoms in total. The lowest BCUT2D eigenvalue weighted by molar-refractivity contribution is 0.207. The topological polar surface area (TPSA) is 93.4 Å². The number of piperazine rings is 1. The third-order valence-electron chi connectivity index (χ3n) is 6.58. The minimum absolute atomic E-state index is 0.114. The molecule has 1 atom stereocenters. The second kappa shape index (κ2) is 10.3. The van der Waals surface area contributed by atoms with Gasteiger partial charge in [-0.05, 0) is 50.8 Å². The molecule has 2 saturated heterocycles. The molecule has 2 aromatic heterocycles. The summed E-state index contributed by atoms with van der Waals surface area (Å²) < 4.78 is 6.10. The highest BCUT2D eigenvalue weighted by Gasteiger charge is 2.22. The molecule has 1 N–H and O–H groups in total. The summed E-state index contributed by atoms with van der Waals surface area (Å²) in [7, 11) is 4.23. The number of pyridine rings is 1. The van der Waals surface area contributed by atoms with Gasteiger partial charge in [-0.2, -0.15) is 5.26 Å². The first-order valence-electron chi connectivity index (χ1n) is 12.0. The minimum atomic E-state index is 0.114. The number of rotatable bonds is 6. The standard InChI is InChI=1S/C26H30N8O/c1-32-9-11-34(12-10-32)21-4-6-25(28-16-21)31-26-14-23(29-18-30-26)19-3-5-24(20(13-19)15-27)35-22-7-8-33(2)17-22/h3-6,13-14,16,18,22H,7-12,17H2,1-2H3,(H,28,29,30,31). The molecule has 0 amide bonds. The molecule has 0 saturated carbocycles. The zero-order valence-electron chi connectivity index (χ0n) is 20.2. The van der Waals surface area contributed by atoms with Crippen molar-refractivity contribution in [3.05, 3.63) is 54.5 Å². The van der Waals surface area contributed by atoms with Gasteiger partial charge in [0.05, 0.1) is 23.1 Å². The Bertz CT molecular complexity index is 1200. The molecular weight excluding hydrogens is 440 g/mol. The van der Waals surface area contributed by atoms with Crippen LogP contribution >= 0.6 is 0 Å². The van der Waals surface area contributed by atoms with Crippen molar-refractivity contribution >= 4 is 17.3 Å². The zero-order valence-corrected chi connectivity index (χ0v) is 20.2. The number of nitriles is 1. The van der Waals surface area contributed by atoms with Gasteiger partial charge in [-0.25, -0.2) is 15.0 Å². The fraction of sp³-hybridized carbons (Fsp3) is 0.385. The molecule has 9 heteroatoms. The van der Waals surface area contributed by atoms with Crippen LogP contribution in [0.25, 0.3) is 11.3 Å². The van der Waals surface area contributed by atoms with Crippen LogP contribution in [0.2, 0.25) is 0 Å². The first-order chi connectivity index (χ1) is 17.1. The van der Waals surface area contributed by atoms with Crippen molar-refractivity contribution in [1.82, 2.24) is 24.8 Å². The maximum absolute atomic E-state index is 9.70. The van der Waals surface area contributed by atoms with Crippen LogP contribution in [0.15, 0.2) is 48.9 Å². The summed E-state index contributed by atoms with van der Waals surface area (Å²) >= 11 is 0. The highest BCUT2D eigenvalue weighted by Crippen LogP contribution is 2.28. The van der Waals surface area contributed by atoms with Gasteiger partial charge in [-0.15, -0.1) is 0 Å². The van der Waals surface area contributed by atoms with Crippen molar-refractivity contribution in [3.63, 3.8) is 0 Å². The number of nitrogens with zero attached hydrogens (tertiary/aromatic N) is 7. The molecule has 0 spiro atoms. The van der Waals surface area contributed by atoms with Crippen LogP contribution in [0.4, 0.5) is 17.3 Å². The van der Waals surface area contributed by atoms with Crippen molar-refractivity contribution in [3.8, 4) is 23.1 Å². The van der Waals surface area contributed by atoms with Crippen LogP contribution in [-0.2, 0) is 0 Å². The maximum Gasteiger partial charge on any atom is 0.137 e. The summed E-state index contributed by atoms with van der Waals surface area (Å²) in [6.07, 6.45) is 4.49. The van der Waals surface area contributed by atoms with E-state index in [4.69, 9.17) is 4.74 Å². The Morgan fingerprint density at radius 2 is 1.80 bits per heavy atom. The van der Waals surface area contributed by atoms with Crippen LogP contribution in [-0.4, -0.2) is 84.2 Å². The lowest BCUT2D eigenvalue weighted by Crippen LogP contribution is -2.44. The Morgan fingerprint density at radius 1 is 0.943 bits per heavy atom. The average molecular weight is 471 g/mol. The second-order valence-corrected chi connectivity index (χ2v) is 9.22. The van der Waals surface area contributed by atoms with Gasteiger partial charge in [-0.1, -0.05) is 0 Å². The van der Waals surface area contributed by atoms with E-state index in [1.54, 1.807) is 0 Å². The SMILES string of the molecule is CN1CCN(c2ccc(Nc3cc(-c4ccc(OC5CCN(C)C5)c(C#N)c4)ncn3)nc2)CC1. The first kappa shape index (κ1) is 23.0. The van der Waals surface area contributed by atoms with E-state index in [1.807, 2.05) is 36.5 Å². The number of aromatic nitrogens is 3. The van der Waals surface area contributed by atoms with E-state index in [9.17, 15) is 5.26 Å². The Labute approximate surface area is 206 Å². The number of hydrogen-bond acceptors (Lipinski definition) is 9. The quantitative estimate of drug-likeness (QED) is 0.583. The fourth-order valence-electron chi connectivity index (χ4n) is 4.48. The summed E-state index contributed by atoms with van der Waals surface area (Å²) in [5.41, 5.74) is 3.19. The van der Waals surface area contributed by atoms with E-state index in [0.29, 0.717) is 17.1 Å². The summed E-state index contributed by atoms with van der Waals surface area (Å²) in [6, 6.07) is 13.8. The number of anilines is 3. The normalized spacial score (nSPS) is 18.9. The van der Waals surface area contributed by atoms with Gasteiger partial charge in [0.15, 0.2) is 0 Å². The summed E-state index contributed by atoms with van der Waals surface area (Å²) in [4.78, 5) is 20.2. The van der Waals surface area contributed by atoms with Crippen LogP contribution in [0.5, 0.6) is 5.75 Å². The van der Waals surface area contributed by atoms with E-state index in [0.717, 1.165) is 68.5 Å². The number of likely N-dealkylation sites (tertiary alicyclic amines) is 1. The lowest BCUT2D eigenvalue weighted by atomic mass is 10.1. The predicted octanol–water partition coefficient (Wildman–Crippen LogP) is 2.99. The monoisotopic (exact) mass is 470 g/mol. The van der Waals surface area contributed by atoms with Crippen molar-refractivity contribution in [2.45, 2.75) is 12.5 Å². The molecule has 2 aliphatic heterocycles. The predicted molar refractivity (Wildman–Crippen MR) is 136 cm³/mol. The van der Waals surface area contributed by atoms with Crippen LogP contribution in [0.3, 0.4) is 0 Å². The van der Waals surface area contributed by atoms with Gasteiger partial charge >= 0.3 is 0 Å².